The summed E-state index contributed by atoms with van der Waals surface area (Å²) in [7, 11) is 0. The molecule has 3 N–H and O–H groups in total. The first-order valence-corrected chi connectivity index (χ1v) is 7.81. The number of carboxylic acids is 1. The number of carboxylic acid groups (broad SMARTS) is 1. The molecule has 1 heterocycles. The van der Waals surface area contributed by atoms with Crippen LogP contribution in [0.5, 0.6) is 0 Å². The van der Waals surface area contributed by atoms with Crippen LogP contribution in [-0.4, -0.2) is 17.1 Å². The summed E-state index contributed by atoms with van der Waals surface area (Å²) in [5.41, 5.74) is 0.338. The normalized spacial score (nSPS) is 10.2. The highest BCUT2D eigenvalue weighted by Gasteiger charge is 2.09. The van der Waals surface area contributed by atoms with Crippen LogP contribution >= 0.6 is 38.9 Å². The Morgan fingerprint density at radius 2 is 2.05 bits per heavy atom. The largest absolute Gasteiger partial charge is 0.478 e. The molecule has 0 saturated heterocycles. The molecule has 1 aromatic carbocycles. The van der Waals surface area contributed by atoms with Gasteiger partial charge in [-0.1, -0.05) is 11.6 Å². The smallest absolute Gasteiger partial charge is 0.335 e. The number of aromatic carboxylic acids is 1. The lowest BCUT2D eigenvalue weighted by atomic mass is 10.2. The molecule has 0 radical (unpaired) electrons. The van der Waals surface area contributed by atoms with E-state index in [1.54, 1.807) is 0 Å². The molecule has 2 rings (SSSR count). The van der Waals surface area contributed by atoms with Gasteiger partial charge in [0.1, 0.15) is 0 Å². The van der Waals surface area contributed by atoms with Gasteiger partial charge in [-0.05, 0) is 40.2 Å². The zero-order chi connectivity index (χ0) is 15.4. The second kappa shape index (κ2) is 6.93. The minimum Gasteiger partial charge on any atom is -0.478 e. The Kier molecular flexibility index (Phi) is 5.22. The monoisotopic (exact) mass is 388 g/mol. The number of rotatable bonds is 4. The number of thiophene rings is 1. The van der Waals surface area contributed by atoms with E-state index in [0.29, 0.717) is 12.2 Å². The third-order valence-electron chi connectivity index (χ3n) is 2.45. The van der Waals surface area contributed by atoms with Gasteiger partial charge in [-0.3, -0.25) is 0 Å². The van der Waals surface area contributed by atoms with Crippen molar-refractivity contribution in [2.75, 3.05) is 5.32 Å². The topological polar surface area (TPSA) is 78.4 Å². The van der Waals surface area contributed by atoms with Crippen LogP contribution in [0.1, 0.15) is 15.2 Å². The summed E-state index contributed by atoms with van der Waals surface area (Å²) in [5.74, 6) is -1.11. The van der Waals surface area contributed by atoms with Crippen LogP contribution in [-0.2, 0) is 6.54 Å². The molecule has 0 atom stereocenters. The average molecular weight is 390 g/mol. The van der Waals surface area contributed by atoms with Gasteiger partial charge in [0.25, 0.3) is 0 Å². The molecule has 110 valence electrons. The minimum absolute atomic E-state index is 0.0139. The van der Waals surface area contributed by atoms with E-state index in [4.69, 9.17) is 16.7 Å². The maximum atomic E-state index is 11.8. The number of halogens is 2. The molecule has 2 aromatic rings. The van der Waals surface area contributed by atoms with E-state index < -0.39 is 12.0 Å². The fraction of sp³-hybridized carbons (Fsp3) is 0.0769. The van der Waals surface area contributed by atoms with Crippen LogP contribution < -0.4 is 10.6 Å². The second-order valence-corrected chi connectivity index (χ2v) is 6.42. The molecule has 0 fully saturated rings. The van der Waals surface area contributed by atoms with E-state index >= 15 is 0 Å². The molecular formula is C13H10BrClN2O3S. The lowest BCUT2D eigenvalue weighted by molar-refractivity contribution is 0.0697. The van der Waals surface area contributed by atoms with Crippen molar-refractivity contribution < 1.29 is 14.7 Å². The molecule has 0 aliphatic carbocycles. The maximum absolute atomic E-state index is 11.8. The zero-order valence-electron chi connectivity index (χ0n) is 10.5. The van der Waals surface area contributed by atoms with Gasteiger partial charge in [0.2, 0.25) is 0 Å². The van der Waals surface area contributed by atoms with E-state index in [1.165, 1.54) is 29.5 Å². The molecule has 0 saturated carbocycles. The summed E-state index contributed by atoms with van der Waals surface area (Å²) in [5, 5.41) is 16.3. The maximum Gasteiger partial charge on any atom is 0.335 e. The van der Waals surface area contributed by atoms with E-state index in [2.05, 4.69) is 26.6 Å². The lowest BCUT2D eigenvalue weighted by Crippen LogP contribution is -2.27. The SMILES string of the molecule is O=C(NCc1cc(Br)cs1)Nc1cc(Cl)cc(C(=O)O)c1. The van der Waals surface area contributed by atoms with Gasteiger partial charge < -0.3 is 15.7 Å². The molecule has 1 aromatic heterocycles. The van der Waals surface area contributed by atoms with Crippen LogP contribution in [0.25, 0.3) is 0 Å². The number of anilines is 1. The number of benzene rings is 1. The summed E-state index contributed by atoms with van der Waals surface area (Å²) < 4.78 is 0.964. The number of urea groups is 1. The van der Waals surface area contributed by atoms with Crippen LogP contribution in [0.3, 0.4) is 0 Å². The molecule has 0 aliphatic heterocycles. The number of hydrogen-bond donors (Lipinski definition) is 3. The van der Waals surface area contributed by atoms with Crippen molar-refractivity contribution in [3.8, 4) is 0 Å². The minimum atomic E-state index is -1.11. The Hall–Kier alpha value is -1.57. The van der Waals surface area contributed by atoms with Gasteiger partial charge in [-0.15, -0.1) is 11.3 Å². The van der Waals surface area contributed by atoms with E-state index in [1.807, 2.05) is 11.4 Å². The van der Waals surface area contributed by atoms with Gasteiger partial charge in [-0.2, -0.15) is 0 Å². The number of nitrogens with one attached hydrogen (secondary N) is 2. The first-order chi connectivity index (χ1) is 9.94. The van der Waals surface area contributed by atoms with E-state index in [-0.39, 0.29) is 10.6 Å². The fourth-order valence-electron chi connectivity index (χ4n) is 1.57. The number of amides is 2. The highest BCUT2D eigenvalue weighted by Crippen LogP contribution is 2.20. The Bertz CT molecular complexity index is 690. The van der Waals surface area contributed by atoms with Crippen LogP contribution in [0, 0.1) is 0 Å². The lowest BCUT2D eigenvalue weighted by Gasteiger charge is -2.08. The van der Waals surface area contributed by atoms with Crippen molar-refractivity contribution >= 4 is 56.6 Å². The average Bonchev–Trinajstić information content (AvgIpc) is 2.81. The molecule has 0 aliphatic rings. The fourth-order valence-corrected chi connectivity index (χ4v) is 3.20. The molecule has 2 amide bonds. The number of hydrogen-bond acceptors (Lipinski definition) is 3. The predicted molar refractivity (Wildman–Crippen MR) is 86.3 cm³/mol. The van der Waals surface area contributed by atoms with Crippen LogP contribution in [0.4, 0.5) is 10.5 Å². The molecule has 8 heteroatoms. The molecule has 0 bridgehead atoms. The Morgan fingerprint density at radius 1 is 1.29 bits per heavy atom. The second-order valence-electron chi connectivity index (χ2n) is 4.07. The van der Waals surface area contributed by atoms with Gasteiger partial charge >= 0.3 is 12.0 Å². The highest BCUT2D eigenvalue weighted by molar-refractivity contribution is 9.10. The van der Waals surface area contributed by atoms with Gasteiger partial charge in [0, 0.05) is 25.4 Å². The van der Waals surface area contributed by atoms with Crippen molar-refractivity contribution in [1.82, 2.24) is 5.32 Å². The third-order valence-corrected chi connectivity index (χ3v) is 4.36. The first-order valence-electron chi connectivity index (χ1n) is 5.75. The van der Waals surface area contributed by atoms with Crippen molar-refractivity contribution in [1.29, 1.82) is 0 Å². The molecule has 5 nitrogen and oxygen atoms in total. The van der Waals surface area contributed by atoms with Crippen molar-refractivity contribution in [3.05, 3.63) is 49.6 Å². The summed E-state index contributed by atoms with van der Waals surface area (Å²) in [6.07, 6.45) is 0. The summed E-state index contributed by atoms with van der Waals surface area (Å²) in [6.45, 7) is 0.383. The Balaban J connectivity index is 1.97. The Labute approximate surface area is 138 Å². The predicted octanol–water partition coefficient (Wildman–Crippen LogP) is 4.18. The standard InChI is InChI=1S/C13H10BrClN2O3S/c14-8-3-11(21-6-8)5-16-13(20)17-10-2-7(12(18)19)1-9(15)4-10/h1-4,6H,5H2,(H,18,19)(H2,16,17,20). The number of carbonyl (C=O) groups is 2. The van der Waals surface area contributed by atoms with Gasteiger partial charge in [-0.25, -0.2) is 9.59 Å². The van der Waals surface area contributed by atoms with Crippen molar-refractivity contribution in [2.45, 2.75) is 6.54 Å². The molecule has 0 unspecified atom stereocenters. The quantitative estimate of drug-likeness (QED) is 0.734. The summed E-state index contributed by atoms with van der Waals surface area (Å²) in [6, 6.07) is 5.62. The molecule has 0 spiro atoms. The molecule has 21 heavy (non-hydrogen) atoms. The van der Waals surface area contributed by atoms with Crippen LogP contribution in [0.15, 0.2) is 34.1 Å². The Morgan fingerprint density at radius 3 is 2.67 bits per heavy atom. The highest BCUT2D eigenvalue weighted by atomic mass is 79.9. The van der Waals surface area contributed by atoms with E-state index in [0.717, 1.165) is 9.35 Å². The summed E-state index contributed by atoms with van der Waals surface area (Å²) in [4.78, 5) is 23.7. The zero-order valence-corrected chi connectivity index (χ0v) is 13.7. The number of carbonyl (C=O) groups excluding carboxylic acids is 1. The third kappa shape index (κ3) is 4.73. The van der Waals surface area contributed by atoms with Crippen LogP contribution in [0.2, 0.25) is 5.02 Å². The first kappa shape index (κ1) is 15.8. The van der Waals surface area contributed by atoms with Gasteiger partial charge in [0.05, 0.1) is 12.1 Å². The molecular weight excluding hydrogens is 380 g/mol. The van der Waals surface area contributed by atoms with Crippen molar-refractivity contribution in [3.63, 3.8) is 0 Å². The van der Waals surface area contributed by atoms with Crippen molar-refractivity contribution in [2.24, 2.45) is 0 Å². The van der Waals surface area contributed by atoms with E-state index in [9.17, 15) is 9.59 Å². The summed E-state index contributed by atoms with van der Waals surface area (Å²) >= 11 is 10.7. The van der Waals surface area contributed by atoms with Gasteiger partial charge in [0.15, 0.2) is 0 Å².